The molecule has 1 saturated carbocycles. The third kappa shape index (κ3) is 3.38. The Morgan fingerprint density at radius 3 is 2.18 bits per heavy atom. The van der Waals surface area contributed by atoms with Crippen LogP contribution in [0.4, 0.5) is 0 Å². The lowest BCUT2D eigenvalue weighted by Gasteiger charge is -2.37. The van der Waals surface area contributed by atoms with E-state index < -0.39 is 0 Å². The first-order valence-electron chi connectivity index (χ1n) is 5.53. The van der Waals surface area contributed by atoms with Gasteiger partial charge in [0.15, 0.2) is 7.85 Å². The highest BCUT2D eigenvalue weighted by molar-refractivity contribution is 6.30. The highest BCUT2D eigenvalue weighted by atomic mass is 35.5. The molecule has 0 heterocycles. The number of halogens is 1. The Labute approximate surface area is 109 Å². The smallest absolute Gasteiger partial charge is 0.187 e. The molecule has 0 N–H and O–H groups in total. The lowest BCUT2D eigenvalue weighted by Crippen LogP contribution is -2.35. The Balaban J connectivity index is 0.000000317. The first kappa shape index (κ1) is 13.9. The average Bonchev–Trinajstić information content (AvgIpc) is 2.31. The third-order valence-corrected chi connectivity index (χ3v) is 3.29. The number of carbonyl (C=O) groups is 1. The van der Waals surface area contributed by atoms with E-state index in [9.17, 15) is 4.79 Å². The zero-order valence-electron chi connectivity index (χ0n) is 9.87. The van der Waals surface area contributed by atoms with Crippen LogP contribution in [0, 0.1) is 11.7 Å². The van der Waals surface area contributed by atoms with E-state index in [4.69, 9.17) is 11.6 Å². The van der Waals surface area contributed by atoms with Crippen molar-refractivity contribution in [3.63, 3.8) is 0 Å². The van der Waals surface area contributed by atoms with Crippen LogP contribution in [0.2, 0.25) is 5.02 Å². The summed E-state index contributed by atoms with van der Waals surface area (Å²) in [6.07, 6.45) is 4.21. The van der Waals surface area contributed by atoms with Crippen LogP contribution in [-0.2, 0) is 10.2 Å². The van der Waals surface area contributed by atoms with Gasteiger partial charge in [0, 0.05) is 5.02 Å². The lowest BCUT2D eigenvalue weighted by atomic mass is 9.65. The normalized spacial score (nSPS) is 15.4. The number of benzene rings is 1. The van der Waals surface area contributed by atoms with E-state index in [1.165, 1.54) is 0 Å². The summed E-state index contributed by atoms with van der Waals surface area (Å²) in [6, 6.07) is 7.60. The molecule has 17 heavy (non-hydrogen) atoms. The van der Waals surface area contributed by atoms with Crippen molar-refractivity contribution in [3.8, 4) is 11.7 Å². The summed E-state index contributed by atoms with van der Waals surface area (Å²) >= 11 is 5.78. The second-order valence-electron chi connectivity index (χ2n) is 4.03. The van der Waals surface area contributed by atoms with Gasteiger partial charge in [0.25, 0.3) is 0 Å². The molecule has 0 aliphatic heterocycles. The van der Waals surface area contributed by atoms with Gasteiger partial charge in [-0.2, -0.15) is 5.82 Å². The van der Waals surface area contributed by atoms with E-state index >= 15 is 0 Å². The molecule has 0 amide bonds. The van der Waals surface area contributed by atoms with Gasteiger partial charge in [-0.05, 0) is 37.5 Å². The fourth-order valence-electron chi connectivity index (χ4n) is 1.81. The Hall–Kier alpha value is -1.20. The van der Waals surface area contributed by atoms with Crippen LogP contribution in [-0.4, -0.2) is 14.1 Å². The van der Waals surface area contributed by atoms with E-state index in [1.54, 1.807) is 6.92 Å². The Bertz CT molecular complexity index is 418. The molecular weight excluding hydrogens is 230 g/mol. The van der Waals surface area contributed by atoms with Gasteiger partial charge in [-0.1, -0.05) is 30.2 Å². The van der Waals surface area contributed by atoms with Gasteiger partial charge in [-0.25, -0.2) is 0 Å². The molecule has 1 fully saturated rings. The Kier molecular flexibility index (Phi) is 5.32. The molecule has 0 atom stereocenters. The molecule has 2 rings (SSSR count). The summed E-state index contributed by atoms with van der Waals surface area (Å²) in [5.41, 5.74) is 0.920. The summed E-state index contributed by atoms with van der Waals surface area (Å²) < 4.78 is 0. The summed E-state index contributed by atoms with van der Waals surface area (Å²) in [6.45, 7) is 1.69. The van der Waals surface area contributed by atoms with Crippen molar-refractivity contribution < 1.29 is 4.79 Å². The van der Waals surface area contributed by atoms with Crippen molar-refractivity contribution in [1.82, 2.24) is 0 Å². The van der Waals surface area contributed by atoms with Crippen LogP contribution in [0.25, 0.3) is 0 Å². The van der Waals surface area contributed by atoms with Crippen molar-refractivity contribution in [1.29, 1.82) is 0 Å². The van der Waals surface area contributed by atoms with Gasteiger partial charge < -0.3 is 4.79 Å². The van der Waals surface area contributed by atoms with Crippen molar-refractivity contribution in [3.05, 3.63) is 34.9 Å². The van der Waals surface area contributed by atoms with Crippen LogP contribution >= 0.6 is 11.6 Å². The lowest BCUT2D eigenvalue weighted by molar-refractivity contribution is -0.115. The second kappa shape index (κ2) is 6.52. The van der Waals surface area contributed by atoms with E-state index in [2.05, 4.69) is 19.6 Å². The molecule has 1 aliphatic rings. The number of hydrogen-bond donors (Lipinski definition) is 0. The van der Waals surface area contributed by atoms with Crippen molar-refractivity contribution in [2.24, 2.45) is 0 Å². The largest absolute Gasteiger partial charge is 0.302 e. The van der Waals surface area contributed by atoms with Gasteiger partial charge in [0.05, 0.1) is 5.41 Å². The predicted molar refractivity (Wildman–Crippen MR) is 72.2 cm³/mol. The summed E-state index contributed by atoms with van der Waals surface area (Å²) in [5, 5.41) is 0.726. The van der Waals surface area contributed by atoms with E-state index in [0.29, 0.717) is 0 Å². The Morgan fingerprint density at radius 2 is 1.88 bits per heavy atom. The highest BCUT2D eigenvalue weighted by Crippen LogP contribution is 2.41. The van der Waals surface area contributed by atoms with Gasteiger partial charge >= 0.3 is 0 Å². The summed E-state index contributed by atoms with van der Waals surface area (Å²) in [7, 11) is 4.67. The van der Waals surface area contributed by atoms with Crippen LogP contribution in [0.15, 0.2) is 24.3 Å². The maximum atomic E-state index is 11.0. The molecule has 0 aromatic heterocycles. The molecule has 1 aromatic carbocycles. The molecule has 86 valence electrons. The number of hydrogen-bond acceptors (Lipinski definition) is 1. The van der Waals surface area contributed by atoms with Gasteiger partial charge in [0.1, 0.15) is 6.29 Å². The van der Waals surface area contributed by atoms with Crippen LogP contribution < -0.4 is 0 Å². The molecule has 0 saturated heterocycles. The van der Waals surface area contributed by atoms with Gasteiger partial charge in [0.2, 0.25) is 0 Å². The van der Waals surface area contributed by atoms with Crippen molar-refractivity contribution >= 4 is 25.7 Å². The maximum Gasteiger partial charge on any atom is 0.187 e. The molecule has 1 nitrogen and oxygen atoms in total. The van der Waals surface area contributed by atoms with E-state index in [0.717, 1.165) is 36.1 Å². The first-order chi connectivity index (χ1) is 8.18. The van der Waals surface area contributed by atoms with Crippen molar-refractivity contribution in [2.45, 2.75) is 31.6 Å². The summed E-state index contributed by atoms with van der Waals surface area (Å²) in [5.74, 6) is 4.64. The molecular formula is C14H14BClO. The zero-order chi connectivity index (χ0) is 12.7. The summed E-state index contributed by atoms with van der Waals surface area (Å²) in [4.78, 5) is 11.0. The van der Waals surface area contributed by atoms with Crippen molar-refractivity contribution in [2.75, 3.05) is 0 Å². The minimum Gasteiger partial charge on any atom is -0.302 e. The molecule has 0 bridgehead atoms. The van der Waals surface area contributed by atoms with Crippen LogP contribution in [0.1, 0.15) is 31.7 Å². The minimum atomic E-state index is -0.190. The van der Waals surface area contributed by atoms with Gasteiger partial charge in [-0.3, -0.25) is 0 Å². The Morgan fingerprint density at radius 1 is 1.35 bits per heavy atom. The number of carbonyl (C=O) groups excluding carboxylic acids is 1. The first-order valence-corrected chi connectivity index (χ1v) is 5.91. The monoisotopic (exact) mass is 244 g/mol. The molecule has 0 unspecified atom stereocenters. The predicted octanol–water partition coefficient (Wildman–Crippen LogP) is 3.10. The van der Waals surface area contributed by atoms with Crippen LogP contribution in [0.3, 0.4) is 0 Å². The molecule has 3 heteroatoms. The SMILES string of the molecule is O=CC1(c2ccc(Cl)cc2)CCC1.[B]C#CC. The van der Waals surface area contributed by atoms with Gasteiger partial charge in [-0.15, -0.1) is 5.92 Å². The fourth-order valence-corrected chi connectivity index (χ4v) is 1.94. The van der Waals surface area contributed by atoms with E-state index in [-0.39, 0.29) is 5.41 Å². The zero-order valence-corrected chi connectivity index (χ0v) is 10.6. The molecule has 1 aliphatic carbocycles. The second-order valence-corrected chi connectivity index (χ2v) is 4.47. The standard InChI is InChI=1S/C11H11ClO.C3H3B/c12-10-4-2-9(3-5-10)11(8-13)6-1-7-11;1-2-3-4/h2-5,8H,1,6-7H2;1H3. The molecule has 2 radical (unpaired) electrons. The average molecular weight is 245 g/mol. The highest BCUT2D eigenvalue weighted by Gasteiger charge is 2.38. The third-order valence-electron chi connectivity index (χ3n) is 3.03. The fraction of sp³-hybridized carbons (Fsp3) is 0.357. The van der Waals surface area contributed by atoms with Crippen LogP contribution in [0.5, 0.6) is 0 Å². The number of rotatable bonds is 2. The maximum absolute atomic E-state index is 11.0. The van der Waals surface area contributed by atoms with E-state index in [1.807, 2.05) is 24.3 Å². The topological polar surface area (TPSA) is 17.1 Å². The number of aldehydes is 1. The minimum absolute atomic E-state index is 0.190. The molecule has 1 aromatic rings. The quantitative estimate of drug-likeness (QED) is 0.444. The molecule has 0 spiro atoms.